The minimum Gasteiger partial charge on any atom is -0.478 e. The summed E-state index contributed by atoms with van der Waals surface area (Å²) < 4.78 is 0. The van der Waals surface area contributed by atoms with Crippen molar-refractivity contribution < 1.29 is 9.90 Å². The van der Waals surface area contributed by atoms with E-state index >= 15 is 0 Å². The number of pyridine rings is 1. The van der Waals surface area contributed by atoms with E-state index in [0.29, 0.717) is 10.9 Å². The van der Waals surface area contributed by atoms with Gasteiger partial charge >= 0.3 is 5.97 Å². The molecule has 0 fully saturated rings. The average molecular weight is 254 g/mol. The molecule has 0 spiro atoms. The molecule has 17 heavy (non-hydrogen) atoms. The molecule has 0 aromatic carbocycles. The molecule has 0 saturated heterocycles. The molecule has 0 aliphatic rings. The van der Waals surface area contributed by atoms with Crippen molar-refractivity contribution >= 4 is 23.4 Å². The zero-order valence-corrected chi connectivity index (χ0v) is 11.2. The lowest BCUT2D eigenvalue weighted by Gasteiger charge is -2.12. The number of carboxylic acids is 1. The first kappa shape index (κ1) is 13.8. The predicted molar refractivity (Wildman–Crippen MR) is 72.0 cm³/mol. The summed E-state index contributed by atoms with van der Waals surface area (Å²) in [4.78, 5) is 15.0. The van der Waals surface area contributed by atoms with Crippen molar-refractivity contribution in [3.8, 4) is 0 Å². The lowest BCUT2D eigenvalue weighted by Crippen LogP contribution is -2.11. The van der Waals surface area contributed by atoms with Gasteiger partial charge in [0.15, 0.2) is 0 Å². The third-order valence-corrected chi connectivity index (χ3v) is 3.58. The van der Waals surface area contributed by atoms with Crippen LogP contribution < -0.4 is 5.32 Å². The Morgan fingerprint density at radius 3 is 2.94 bits per heavy atom. The van der Waals surface area contributed by atoms with E-state index in [-0.39, 0.29) is 5.56 Å². The molecular weight excluding hydrogens is 236 g/mol. The molecule has 4 nitrogen and oxygen atoms in total. The Bertz CT molecular complexity index is 396. The zero-order valence-electron chi connectivity index (χ0n) is 10.4. The zero-order chi connectivity index (χ0) is 12.8. The number of hydrogen-bond donors (Lipinski definition) is 2. The molecule has 5 heteroatoms. The molecule has 1 unspecified atom stereocenters. The third-order valence-electron chi connectivity index (χ3n) is 2.54. The number of carbonyl (C=O) groups is 1. The highest BCUT2D eigenvalue weighted by molar-refractivity contribution is 7.99. The first-order valence-electron chi connectivity index (χ1n) is 5.51. The summed E-state index contributed by atoms with van der Waals surface area (Å²) in [6.07, 6.45) is 4.48. The largest absolute Gasteiger partial charge is 0.478 e. The Morgan fingerprint density at radius 1 is 1.65 bits per heavy atom. The van der Waals surface area contributed by atoms with Gasteiger partial charge in [-0.25, -0.2) is 4.79 Å². The SMILES string of the molecule is CSC(C)CCNc1cc(C)ncc1C(=O)O. The molecule has 0 bridgehead atoms. The fraction of sp³-hybridized carbons (Fsp3) is 0.500. The van der Waals surface area contributed by atoms with Gasteiger partial charge in [0, 0.05) is 23.7 Å². The molecule has 1 aromatic heterocycles. The molecule has 1 rings (SSSR count). The van der Waals surface area contributed by atoms with Gasteiger partial charge in [0.05, 0.1) is 5.69 Å². The van der Waals surface area contributed by atoms with Crippen molar-refractivity contribution in [2.45, 2.75) is 25.5 Å². The van der Waals surface area contributed by atoms with Crippen molar-refractivity contribution in [1.82, 2.24) is 4.98 Å². The van der Waals surface area contributed by atoms with Crippen LogP contribution in [0.3, 0.4) is 0 Å². The van der Waals surface area contributed by atoms with Gasteiger partial charge in [-0.15, -0.1) is 0 Å². The van der Waals surface area contributed by atoms with Crippen LogP contribution in [0.5, 0.6) is 0 Å². The highest BCUT2D eigenvalue weighted by Gasteiger charge is 2.10. The number of rotatable bonds is 6. The maximum atomic E-state index is 11.0. The lowest BCUT2D eigenvalue weighted by molar-refractivity contribution is 0.0697. The van der Waals surface area contributed by atoms with Gasteiger partial charge in [0.1, 0.15) is 5.56 Å². The first-order chi connectivity index (χ1) is 8.04. The normalized spacial score (nSPS) is 12.2. The van der Waals surface area contributed by atoms with Crippen molar-refractivity contribution in [3.05, 3.63) is 23.5 Å². The Hall–Kier alpha value is -1.23. The Labute approximate surface area is 106 Å². The molecule has 1 atom stereocenters. The van der Waals surface area contributed by atoms with Crippen LogP contribution in [0.2, 0.25) is 0 Å². The number of aromatic nitrogens is 1. The molecule has 2 N–H and O–H groups in total. The van der Waals surface area contributed by atoms with E-state index in [2.05, 4.69) is 23.5 Å². The van der Waals surface area contributed by atoms with Crippen molar-refractivity contribution in [2.75, 3.05) is 18.1 Å². The van der Waals surface area contributed by atoms with E-state index in [4.69, 9.17) is 5.11 Å². The molecule has 0 saturated carbocycles. The number of nitrogens with zero attached hydrogens (tertiary/aromatic N) is 1. The second-order valence-electron chi connectivity index (χ2n) is 3.94. The number of hydrogen-bond acceptors (Lipinski definition) is 4. The van der Waals surface area contributed by atoms with E-state index in [9.17, 15) is 4.79 Å². The molecular formula is C12H18N2O2S. The van der Waals surface area contributed by atoms with Gasteiger partial charge in [-0.1, -0.05) is 6.92 Å². The maximum absolute atomic E-state index is 11.0. The molecule has 0 aliphatic heterocycles. The van der Waals surface area contributed by atoms with Gasteiger partial charge in [-0.2, -0.15) is 11.8 Å². The number of anilines is 1. The summed E-state index contributed by atoms with van der Waals surface area (Å²) in [6, 6.07) is 1.77. The number of aryl methyl sites for hydroxylation is 1. The highest BCUT2D eigenvalue weighted by atomic mass is 32.2. The van der Waals surface area contributed by atoms with Gasteiger partial charge in [-0.3, -0.25) is 4.98 Å². The van der Waals surface area contributed by atoms with E-state index in [1.165, 1.54) is 6.20 Å². The second-order valence-corrected chi connectivity index (χ2v) is 5.21. The van der Waals surface area contributed by atoms with Crippen LogP contribution in [0.4, 0.5) is 5.69 Å². The summed E-state index contributed by atoms with van der Waals surface area (Å²) >= 11 is 1.80. The van der Waals surface area contributed by atoms with Crippen LogP contribution in [0, 0.1) is 6.92 Å². The van der Waals surface area contributed by atoms with Crippen molar-refractivity contribution in [2.24, 2.45) is 0 Å². The molecule has 1 aromatic rings. The summed E-state index contributed by atoms with van der Waals surface area (Å²) in [5.74, 6) is -0.946. The molecule has 0 radical (unpaired) electrons. The highest BCUT2D eigenvalue weighted by Crippen LogP contribution is 2.17. The number of carboxylic acid groups (broad SMARTS) is 1. The molecule has 0 amide bonds. The number of aromatic carboxylic acids is 1. The molecule has 1 heterocycles. The van der Waals surface area contributed by atoms with Gasteiger partial charge < -0.3 is 10.4 Å². The van der Waals surface area contributed by atoms with Crippen LogP contribution in [0.15, 0.2) is 12.3 Å². The Balaban J connectivity index is 2.68. The van der Waals surface area contributed by atoms with Crippen LogP contribution in [0.25, 0.3) is 0 Å². The maximum Gasteiger partial charge on any atom is 0.339 e. The first-order valence-corrected chi connectivity index (χ1v) is 6.80. The van der Waals surface area contributed by atoms with E-state index < -0.39 is 5.97 Å². The summed E-state index contributed by atoms with van der Waals surface area (Å²) in [6.45, 7) is 4.77. The fourth-order valence-corrected chi connectivity index (χ4v) is 1.76. The van der Waals surface area contributed by atoms with Gasteiger partial charge in [0.2, 0.25) is 0 Å². The second kappa shape index (κ2) is 6.49. The number of thioether (sulfide) groups is 1. The van der Waals surface area contributed by atoms with Gasteiger partial charge in [-0.05, 0) is 25.7 Å². The van der Waals surface area contributed by atoms with Crippen LogP contribution in [-0.4, -0.2) is 34.1 Å². The van der Waals surface area contributed by atoms with Crippen LogP contribution in [0.1, 0.15) is 29.4 Å². The fourth-order valence-electron chi connectivity index (χ4n) is 1.40. The Morgan fingerprint density at radius 2 is 2.35 bits per heavy atom. The summed E-state index contributed by atoms with van der Waals surface area (Å²) in [5.41, 5.74) is 1.70. The summed E-state index contributed by atoms with van der Waals surface area (Å²) in [5, 5.41) is 12.8. The number of nitrogens with one attached hydrogen (secondary N) is 1. The van der Waals surface area contributed by atoms with E-state index in [0.717, 1.165) is 18.7 Å². The minimum absolute atomic E-state index is 0.229. The van der Waals surface area contributed by atoms with Crippen LogP contribution in [-0.2, 0) is 0 Å². The van der Waals surface area contributed by atoms with E-state index in [1.54, 1.807) is 17.8 Å². The third kappa shape index (κ3) is 4.26. The average Bonchev–Trinajstić information content (AvgIpc) is 2.28. The summed E-state index contributed by atoms with van der Waals surface area (Å²) in [7, 11) is 0. The van der Waals surface area contributed by atoms with Gasteiger partial charge in [0.25, 0.3) is 0 Å². The smallest absolute Gasteiger partial charge is 0.339 e. The monoisotopic (exact) mass is 254 g/mol. The Kier molecular flexibility index (Phi) is 5.28. The minimum atomic E-state index is -0.946. The standard InChI is InChI=1S/C12H18N2O2S/c1-8-6-11(10(7-14-8)12(15)16)13-5-4-9(2)17-3/h6-7,9H,4-5H2,1-3H3,(H,13,14)(H,15,16). The topological polar surface area (TPSA) is 62.2 Å². The van der Waals surface area contributed by atoms with Crippen molar-refractivity contribution in [3.63, 3.8) is 0 Å². The molecule has 0 aliphatic carbocycles. The van der Waals surface area contributed by atoms with Crippen LogP contribution >= 0.6 is 11.8 Å². The van der Waals surface area contributed by atoms with E-state index in [1.807, 2.05) is 6.92 Å². The lowest BCUT2D eigenvalue weighted by atomic mass is 10.2. The van der Waals surface area contributed by atoms with Crippen molar-refractivity contribution in [1.29, 1.82) is 0 Å². The predicted octanol–water partition coefficient (Wildman–Crippen LogP) is 2.64. The molecule has 94 valence electrons. The quantitative estimate of drug-likeness (QED) is 0.817.